The molecule has 0 aromatic carbocycles. The van der Waals surface area contributed by atoms with E-state index in [9.17, 15) is 5.11 Å². The molecule has 0 heterocycles. The predicted octanol–water partition coefficient (Wildman–Crippen LogP) is 0.348. The number of hydrogen-bond acceptors (Lipinski definition) is 2. The Labute approximate surface area is 69.4 Å². The topological polar surface area (TPSA) is 35.2 Å². The van der Waals surface area contributed by atoms with Crippen molar-refractivity contribution in [2.24, 2.45) is 0 Å². The molecule has 0 unspecified atom stereocenters. The molecule has 1 N–H and O–H groups in total. The van der Waals surface area contributed by atoms with E-state index in [1.165, 1.54) is 0 Å². The second kappa shape index (κ2) is 7.98. The van der Waals surface area contributed by atoms with Crippen molar-refractivity contribution in [1.82, 2.24) is 10.2 Å². The Morgan fingerprint density at radius 2 is 1.82 bits per heavy atom. The first-order valence-corrected chi connectivity index (χ1v) is 4.36. The number of nitrogens with one attached hydrogen (secondary N) is 1. The predicted molar refractivity (Wildman–Crippen MR) is 46.2 cm³/mol. The number of nitrogens with zero attached hydrogens (tertiary/aromatic N) is 1. The molecule has 0 saturated carbocycles. The summed E-state index contributed by atoms with van der Waals surface area (Å²) in [6, 6.07) is 0. The highest BCUT2D eigenvalue weighted by Crippen LogP contribution is 1.83. The highest BCUT2D eigenvalue weighted by Gasteiger charge is 1.96. The normalized spacial score (nSPS) is 10.9. The second-order valence-corrected chi connectivity index (χ2v) is 2.48. The zero-order chi connectivity index (χ0) is 8.53. The highest BCUT2D eigenvalue weighted by atomic mass is 16.3. The molecular weight excluding hydrogens is 140 g/mol. The molecular formula is C8H19N2O. The van der Waals surface area contributed by atoms with Crippen LogP contribution in [0.3, 0.4) is 0 Å². The van der Waals surface area contributed by atoms with Crippen molar-refractivity contribution in [1.29, 1.82) is 0 Å². The van der Waals surface area contributed by atoms with Crippen LogP contribution in [0.4, 0.5) is 0 Å². The summed E-state index contributed by atoms with van der Waals surface area (Å²) in [5.41, 5.74) is 0. The van der Waals surface area contributed by atoms with E-state index in [0.717, 1.165) is 26.2 Å². The van der Waals surface area contributed by atoms with E-state index < -0.39 is 0 Å². The summed E-state index contributed by atoms with van der Waals surface area (Å²) in [6.45, 7) is 9.05. The van der Waals surface area contributed by atoms with E-state index in [2.05, 4.69) is 24.1 Å². The molecule has 3 nitrogen and oxygen atoms in total. The van der Waals surface area contributed by atoms with E-state index in [-0.39, 0.29) is 6.61 Å². The quantitative estimate of drug-likeness (QED) is 0.544. The van der Waals surface area contributed by atoms with Crippen LogP contribution in [-0.2, 0) is 5.11 Å². The Hall–Kier alpha value is -0.120. The second-order valence-electron chi connectivity index (χ2n) is 2.48. The summed E-state index contributed by atoms with van der Waals surface area (Å²) in [5.74, 6) is 0. The van der Waals surface area contributed by atoms with Crippen LogP contribution in [0.5, 0.6) is 0 Å². The van der Waals surface area contributed by atoms with Gasteiger partial charge >= 0.3 is 0 Å². The van der Waals surface area contributed by atoms with Crippen molar-refractivity contribution >= 4 is 0 Å². The van der Waals surface area contributed by atoms with Crippen molar-refractivity contribution in [2.75, 3.05) is 39.3 Å². The van der Waals surface area contributed by atoms with Crippen molar-refractivity contribution in [3.05, 3.63) is 0 Å². The Morgan fingerprint density at radius 1 is 1.18 bits per heavy atom. The van der Waals surface area contributed by atoms with E-state index in [0.29, 0.717) is 6.54 Å². The lowest BCUT2D eigenvalue weighted by Crippen LogP contribution is -2.32. The Morgan fingerprint density at radius 3 is 2.27 bits per heavy atom. The van der Waals surface area contributed by atoms with Gasteiger partial charge in [0.15, 0.2) is 0 Å². The molecule has 0 aliphatic heterocycles. The van der Waals surface area contributed by atoms with Crippen molar-refractivity contribution < 1.29 is 5.11 Å². The monoisotopic (exact) mass is 159 g/mol. The Kier molecular flexibility index (Phi) is 7.89. The first-order valence-electron chi connectivity index (χ1n) is 4.36. The van der Waals surface area contributed by atoms with Crippen LogP contribution in [0.2, 0.25) is 0 Å². The molecule has 0 amide bonds. The minimum Gasteiger partial charge on any atom is -0.313 e. The van der Waals surface area contributed by atoms with Gasteiger partial charge in [-0.3, -0.25) is 0 Å². The summed E-state index contributed by atoms with van der Waals surface area (Å²) in [5, 5.41) is 13.1. The lowest BCUT2D eigenvalue weighted by atomic mass is 10.4. The van der Waals surface area contributed by atoms with Crippen LogP contribution in [0.1, 0.15) is 13.8 Å². The maximum absolute atomic E-state index is 10.0. The largest absolute Gasteiger partial charge is 0.313 e. The van der Waals surface area contributed by atoms with E-state index >= 15 is 0 Å². The van der Waals surface area contributed by atoms with Crippen LogP contribution in [-0.4, -0.2) is 44.2 Å². The Balaban J connectivity index is 3.07. The van der Waals surface area contributed by atoms with Crippen LogP contribution < -0.4 is 5.32 Å². The van der Waals surface area contributed by atoms with Crippen molar-refractivity contribution in [3.63, 3.8) is 0 Å². The molecule has 0 atom stereocenters. The molecule has 0 rings (SSSR count). The first kappa shape index (κ1) is 10.9. The van der Waals surface area contributed by atoms with Gasteiger partial charge in [-0.1, -0.05) is 13.8 Å². The third-order valence-electron chi connectivity index (χ3n) is 1.78. The van der Waals surface area contributed by atoms with Crippen LogP contribution in [0.15, 0.2) is 0 Å². The minimum absolute atomic E-state index is 0.0156. The molecule has 0 aromatic rings. The van der Waals surface area contributed by atoms with Gasteiger partial charge < -0.3 is 10.2 Å². The van der Waals surface area contributed by atoms with E-state index in [1.807, 2.05) is 0 Å². The first-order chi connectivity index (χ1) is 5.35. The van der Waals surface area contributed by atoms with Gasteiger partial charge in [-0.05, 0) is 13.1 Å². The fraction of sp³-hybridized carbons (Fsp3) is 1.00. The highest BCUT2D eigenvalue weighted by molar-refractivity contribution is 4.54. The van der Waals surface area contributed by atoms with Gasteiger partial charge in [-0.15, -0.1) is 0 Å². The van der Waals surface area contributed by atoms with Gasteiger partial charge in [0.2, 0.25) is 0 Å². The summed E-state index contributed by atoms with van der Waals surface area (Å²) in [7, 11) is 0. The molecule has 0 aromatic heterocycles. The molecule has 0 aliphatic rings. The molecule has 0 fully saturated rings. The number of hydrogen-bond donors (Lipinski definition) is 1. The molecule has 11 heavy (non-hydrogen) atoms. The van der Waals surface area contributed by atoms with Crippen LogP contribution in [0, 0.1) is 0 Å². The minimum atomic E-state index is -0.0156. The maximum atomic E-state index is 10.0. The third kappa shape index (κ3) is 6.28. The van der Waals surface area contributed by atoms with Gasteiger partial charge in [-0.2, -0.15) is 0 Å². The fourth-order valence-corrected chi connectivity index (χ4v) is 0.974. The van der Waals surface area contributed by atoms with Crippen LogP contribution >= 0.6 is 0 Å². The fourth-order valence-electron chi connectivity index (χ4n) is 0.974. The molecule has 0 aliphatic carbocycles. The molecule has 1 radical (unpaired) electrons. The van der Waals surface area contributed by atoms with E-state index in [1.54, 1.807) is 0 Å². The summed E-state index contributed by atoms with van der Waals surface area (Å²) < 4.78 is 0. The van der Waals surface area contributed by atoms with Gasteiger partial charge in [-0.25, -0.2) is 5.11 Å². The van der Waals surface area contributed by atoms with Gasteiger partial charge in [0.25, 0.3) is 0 Å². The zero-order valence-electron chi connectivity index (χ0n) is 7.60. The average molecular weight is 159 g/mol. The van der Waals surface area contributed by atoms with Crippen molar-refractivity contribution in [2.45, 2.75) is 13.8 Å². The smallest absolute Gasteiger partial charge is 0.0946 e. The maximum Gasteiger partial charge on any atom is 0.0946 e. The average Bonchev–Trinajstić information content (AvgIpc) is 2.05. The lowest BCUT2D eigenvalue weighted by Gasteiger charge is -2.17. The molecule has 0 bridgehead atoms. The standard InChI is InChI=1S/C8H19N2O/c1-3-10(4-2)7-5-9-6-8-11/h9H,3-8H2,1-2H3. The van der Waals surface area contributed by atoms with Crippen molar-refractivity contribution in [3.8, 4) is 0 Å². The SMILES string of the molecule is CCN(CC)CCNCC[O]. The summed E-state index contributed by atoms with van der Waals surface area (Å²) >= 11 is 0. The summed E-state index contributed by atoms with van der Waals surface area (Å²) in [4.78, 5) is 2.33. The lowest BCUT2D eigenvalue weighted by molar-refractivity contribution is 0.192. The third-order valence-corrected chi connectivity index (χ3v) is 1.78. The molecule has 0 saturated heterocycles. The number of likely N-dealkylation sites (N-methyl/N-ethyl adjacent to an activating group) is 1. The molecule has 0 spiro atoms. The number of rotatable bonds is 7. The van der Waals surface area contributed by atoms with E-state index in [4.69, 9.17) is 0 Å². The summed E-state index contributed by atoms with van der Waals surface area (Å²) in [6.07, 6.45) is 0. The Bertz CT molecular complexity index is 74.5. The zero-order valence-corrected chi connectivity index (χ0v) is 7.60. The van der Waals surface area contributed by atoms with Crippen LogP contribution in [0.25, 0.3) is 0 Å². The molecule has 3 heteroatoms. The van der Waals surface area contributed by atoms with Gasteiger partial charge in [0.05, 0.1) is 6.61 Å². The van der Waals surface area contributed by atoms with Gasteiger partial charge in [0, 0.05) is 19.6 Å². The van der Waals surface area contributed by atoms with Gasteiger partial charge in [0.1, 0.15) is 0 Å². The molecule has 67 valence electrons.